The second-order valence-corrected chi connectivity index (χ2v) is 6.68. The van der Waals surface area contributed by atoms with Crippen LogP contribution in [0, 0.1) is 11.6 Å². The molecule has 1 atom stereocenters. The van der Waals surface area contributed by atoms with E-state index < -0.39 is 23.6 Å². The molecule has 5 nitrogen and oxygen atoms in total. The zero-order chi connectivity index (χ0) is 21.2. The number of halogens is 2. The van der Waals surface area contributed by atoms with E-state index in [1.807, 2.05) is 6.92 Å². The lowest BCUT2D eigenvalue weighted by Gasteiger charge is -2.29. The van der Waals surface area contributed by atoms with Crippen molar-refractivity contribution >= 4 is 11.8 Å². The molecule has 0 aliphatic heterocycles. The van der Waals surface area contributed by atoms with Gasteiger partial charge in [-0.2, -0.15) is 0 Å². The molecule has 0 bridgehead atoms. The maximum absolute atomic E-state index is 14.1. The number of nitrogens with zero attached hydrogens (tertiary/aromatic N) is 1. The van der Waals surface area contributed by atoms with Gasteiger partial charge in [-0.25, -0.2) is 8.78 Å². The van der Waals surface area contributed by atoms with Gasteiger partial charge in [0.15, 0.2) is 6.61 Å². The van der Waals surface area contributed by atoms with E-state index in [4.69, 9.17) is 4.74 Å². The first-order chi connectivity index (χ1) is 13.9. The van der Waals surface area contributed by atoms with Crippen LogP contribution in [0.4, 0.5) is 8.78 Å². The average molecular weight is 404 g/mol. The SMILES string of the molecule is CCCCNC(=O)[C@H](C)N(Cc1ccccc1F)C(=O)COc1ccc(F)cc1. The topological polar surface area (TPSA) is 58.6 Å². The summed E-state index contributed by atoms with van der Waals surface area (Å²) >= 11 is 0. The van der Waals surface area contributed by atoms with Crippen molar-refractivity contribution in [3.63, 3.8) is 0 Å². The molecular weight excluding hydrogens is 378 g/mol. The largest absolute Gasteiger partial charge is 0.484 e. The number of carbonyl (C=O) groups excluding carboxylic acids is 2. The molecule has 2 rings (SSSR count). The van der Waals surface area contributed by atoms with Crippen molar-refractivity contribution < 1.29 is 23.1 Å². The predicted octanol–water partition coefficient (Wildman–Crippen LogP) is 3.68. The molecule has 0 spiro atoms. The van der Waals surface area contributed by atoms with Gasteiger partial charge in [0.05, 0.1) is 0 Å². The molecule has 1 N–H and O–H groups in total. The molecule has 2 amide bonds. The van der Waals surface area contributed by atoms with E-state index in [0.717, 1.165) is 12.8 Å². The summed E-state index contributed by atoms with van der Waals surface area (Å²) in [4.78, 5) is 26.5. The van der Waals surface area contributed by atoms with Crippen LogP contribution >= 0.6 is 0 Å². The summed E-state index contributed by atoms with van der Waals surface area (Å²) in [7, 11) is 0. The minimum atomic E-state index is -0.809. The Labute approximate surface area is 169 Å². The second-order valence-electron chi connectivity index (χ2n) is 6.68. The molecule has 0 unspecified atom stereocenters. The van der Waals surface area contributed by atoms with E-state index in [2.05, 4.69) is 5.32 Å². The lowest BCUT2D eigenvalue weighted by molar-refractivity contribution is -0.142. The number of rotatable bonds is 10. The number of amides is 2. The molecule has 156 valence electrons. The molecule has 2 aromatic rings. The van der Waals surface area contributed by atoms with Gasteiger partial charge < -0.3 is 15.0 Å². The molecule has 29 heavy (non-hydrogen) atoms. The zero-order valence-corrected chi connectivity index (χ0v) is 16.7. The number of hydrogen-bond donors (Lipinski definition) is 1. The van der Waals surface area contributed by atoms with Gasteiger partial charge in [0.25, 0.3) is 5.91 Å². The van der Waals surface area contributed by atoms with Crippen LogP contribution in [0.3, 0.4) is 0 Å². The van der Waals surface area contributed by atoms with Gasteiger partial charge in [0.2, 0.25) is 5.91 Å². The highest BCUT2D eigenvalue weighted by atomic mass is 19.1. The number of carbonyl (C=O) groups is 2. The summed E-state index contributed by atoms with van der Waals surface area (Å²) in [6, 6.07) is 10.6. The standard InChI is InChI=1S/C22H26F2N2O3/c1-3-4-13-25-22(28)16(2)26(14-17-7-5-6-8-20(17)24)21(27)15-29-19-11-9-18(23)10-12-19/h5-12,16H,3-4,13-15H2,1-2H3,(H,25,28)/t16-/m0/s1. The normalized spacial score (nSPS) is 11.6. The van der Waals surface area contributed by atoms with Crippen LogP contribution in [0.15, 0.2) is 48.5 Å². The van der Waals surface area contributed by atoms with Crippen LogP contribution in [0.5, 0.6) is 5.75 Å². The maximum Gasteiger partial charge on any atom is 0.261 e. The van der Waals surface area contributed by atoms with E-state index in [1.54, 1.807) is 25.1 Å². The fraction of sp³-hybridized carbons (Fsp3) is 0.364. The van der Waals surface area contributed by atoms with Crippen LogP contribution in [0.25, 0.3) is 0 Å². The van der Waals surface area contributed by atoms with E-state index in [0.29, 0.717) is 17.9 Å². The average Bonchev–Trinajstić information content (AvgIpc) is 2.72. The highest BCUT2D eigenvalue weighted by Crippen LogP contribution is 2.15. The van der Waals surface area contributed by atoms with Gasteiger partial charge in [0, 0.05) is 18.7 Å². The van der Waals surface area contributed by atoms with E-state index in [-0.39, 0.29) is 19.1 Å². The van der Waals surface area contributed by atoms with Crippen molar-refractivity contribution in [1.82, 2.24) is 10.2 Å². The molecule has 0 saturated carbocycles. The van der Waals surface area contributed by atoms with Crippen molar-refractivity contribution in [1.29, 1.82) is 0 Å². The Balaban J connectivity index is 2.11. The van der Waals surface area contributed by atoms with E-state index >= 15 is 0 Å². The lowest BCUT2D eigenvalue weighted by Crippen LogP contribution is -2.49. The number of nitrogens with one attached hydrogen (secondary N) is 1. The number of hydrogen-bond acceptors (Lipinski definition) is 3. The summed E-state index contributed by atoms with van der Waals surface area (Å²) in [5.74, 6) is -1.34. The Kier molecular flexibility index (Phi) is 8.58. The monoisotopic (exact) mass is 404 g/mol. The minimum Gasteiger partial charge on any atom is -0.484 e. The maximum atomic E-state index is 14.1. The summed E-state index contributed by atoms with van der Waals surface area (Å²) in [6.45, 7) is 3.69. The number of ether oxygens (including phenoxy) is 1. The Morgan fingerprint density at radius 1 is 1.10 bits per heavy atom. The third kappa shape index (κ3) is 6.85. The molecule has 0 aromatic heterocycles. The molecular formula is C22H26F2N2O3. The highest BCUT2D eigenvalue weighted by Gasteiger charge is 2.27. The Morgan fingerprint density at radius 2 is 1.79 bits per heavy atom. The molecule has 0 aliphatic carbocycles. The van der Waals surface area contributed by atoms with Gasteiger partial charge in [-0.3, -0.25) is 9.59 Å². The summed E-state index contributed by atoms with van der Waals surface area (Å²) in [6.07, 6.45) is 1.76. The Morgan fingerprint density at radius 3 is 2.45 bits per heavy atom. The van der Waals surface area contributed by atoms with Crippen molar-refractivity contribution in [3.8, 4) is 5.75 Å². The second kappa shape index (κ2) is 11.1. The smallest absolute Gasteiger partial charge is 0.261 e. The first kappa shape index (κ1) is 22.3. The molecule has 0 heterocycles. The van der Waals surface area contributed by atoms with Crippen LogP contribution in [-0.4, -0.2) is 35.9 Å². The van der Waals surface area contributed by atoms with Crippen molar-refractivity contribution in [3.05, 3.63) is 65.7 Å². The van der Waals surface area contributed by atoms with E-state index in [9.17, 15) is 18.4 Å². The molecule has 7 heteroatoms. The van der Waals surface area contributed by atoms with Crippen LogP contribution in [0.1, 0.15) is 32.3 Å². The quantitative estimate of drug-likeness (QED) is 0.615. The fourth-order valence-electron chi connectivity index (χ4n) is 2.69. The van der Waals surface area contributed by atoms with Crippen molar-refractivity contribution in [2.75, 3.05) is 13.2 Å². The fourth-order valence-corrected chi connectivity index (χ4v) is 2.69. The number of benzene rings is 2. The predicted molar refractivity (Wildman–Crippen MR) is 106 cm³/mol. The summed E-state index contributed by atoms with van der Waals surface area (Å²) in [5, 5.41) is 2.79. The Hall–Kier alpha value is -2.96. The lowest BCUT2D eigenvalue weighted by atomic mass is 10.1. The summed E-state index contributed by atoms with van der Waals surface area (Å²) in [5.41, 5.74) is 0.302. The first-order valence-electron chi connectivity index (χ1n) is 9.61. The van der Waals surface area contributed by atoms with Gasteiger partial charge >= 0.3 is 0 Å². The highest BCUT2D eigenvalue weighted by molar-refractivity contribution is 5.87. The molecule has 0 fully saturated rings. The van der Waals surface area contributed by atoms with E-state index in [1.165, 1.54) is 35.2 Å². The third-order valence-corrected chi connectivity index (χ3v) is 4.47. The number of unbranched alkanes of at least 4 members (excludes halogenated alkanes) is 1. The van der Waals surface area contributed by atoms with Crippen molar-refractivity contribution in [2.45, 2.75) is 39.3 Å². The summed E-state index contributed by atoms with van der Waals surface area (Å²) < 4.78 is 32.5. The van der Waals surface area contributed by atoms with Crippen LogP contribution in [0.2, 0.25) is 0 Å². The molecule has 0 aliphatic rings. The zero-order valence-electron chi connectivity index (χ0n) is 16.7. The Bertz CT molecular complexity index is 812. The van der Waals surface area contributed by atoms with Crippen LogP contribution < -0.4 is 10.1 Å². The third-order valence-electron chi connectivity index (χ3n) is 4.47. The molecule has 0 saturated heterocycles. The van der Waals surface area contributed by atoms with Gasteiger partial charge in [-0.15, -0.1) is 0 Å². The molecule has 2 aromatic carbocycles. The molecule has 0 radical (unpaired) electrons. The van der Waals surface area contributed by atoms with Gasteiger partial charge in [0.1, 0.15) is 23.4 Å². The van der Waals surface area contributed by atoms with Gasteiger partial charge in [-0.05, 0) is 43.7 Å². The first-order valence-corrected chi connectivity index (χ1v) is 9.61. The van der Waals surface area contributed by atoms with Crippen LogP contribution in [-0.2, 0) is 16.1 Å². The minimum absolute atomic E-state index is 0.0688. The van der Waals surface area contributed by atoms with Gasteiger partial charge in [-0.1, -0.05) is 31.5 Å². The van der Waals surface area contributed by atoms with Crippen molar-refractivity contribution in [2.24, 2.45) is 0 Å².